The lowest BCUT2D eigenvalue weighted by Gasteiger charge is -2.39. The molecule has 3 heterocycles. The second-order valence-corrected chi connectivity index (χ2v) is 8.60. The highest BCUT2D eigenvalue weighted by atomic mass is 35.5. The summed E-state index contributed by atoms with van der Waals surface area (Å²) in [6.07, 6.45) is 0.904. The van der Waals surface area contributed by atoms with Crippen LogP contribution < -0.4 is 19.5 Å². The zero-order valence-corrected chi connectivity index (χ0v) is 19.6. The number of hydrogen-bond donors (Lipinski definition) is 1. The third-order valence-electron chi connectivity index (χ3n) is 6.28. The van der Waals surface area contributed by atoms with Gasteiger partial charge in [0.15, 0.2) is 17.6 Å². The van der Waals surface area contributed by atoms with Crippen LogP contribution in [0.1, 0.15) is 28.8 Å². The average Bonchev–Trinajstić information content (AvgIpc) is 3.35. The number of nitrogens with one attached hydrogen (secondary N) is 1. The molecule has 0 bridgehead atoms. The van der Waals surface area contributed by atoms with E-state index in [1.165, 1.54) is 18.5 Å². The van der Waals surface area contributed by atoms with Gasteiger partial charge in [0.2, 0.25) is 5.95 Å². The van der Waals surface area contributed by atoms with E-state index in [0.717, 1.165) is 28.0 Å². The number of aromatic nitrogens is 3. The molecule has 0 radical (unpaired) electrons. The van der Waals surface area contributed by atoms with Gasteiger partial charge >= 0.3 is 0 Å². The molecule has 0 spiro atoms. The summed E-state index contributed by atoms with van der Waals surface area (Å²) in [6.45, 7) is 0. The Hall–Kier alpha value is -4.04. The van der Waals surface area contributed by atoms with Gasteiger partial charge < -0.3 is 19.5 Å². The number of nitrogens with zero attached hydrogens (tertiary/aromatic N) is 3. The highest BCUT2D eigenvalue weighted by molar-refractivity contribution is 6.30. The molecule has 2 atom stereocenters. The van der Waals surface area contributed by atoms with E-state index in [1.807, 2.05) is 30.3 Å². The molecule has 1 aromatic heterocycles. The van der Waals surface area contributed by atoms with Crippen molar-refractivity contribution in [1.29, 1.82) is 0 Å². The molecule has 1 N–H and O–H groups in total. The van der Waals surface area contributed by atoms with Gasteiger partial charge in [-0.3, -0.25) is 0 Å². The maximum Gasteiger partial charge on any atom is 0.226 e. The first-order valence-corrected chi connectivity index (χ1v) is 11.3. The highest BCUT2D eigenvalue weighted by Gasteiger charge is 2.42. The van der Waals surface area contributed by atoms with E-state index in [0.29, 0.717) is 28.2 Å². The molecule has 35 heavy (non-hydrogen) atoms. The van der Waals surface area contributed by atoms with Crippen LogP contribution in [0, 0.1) is 5.82 Å². The van der Waals surface area contributed by atoms with Crippen molar-refractivity contribution in [2.75, 3.05) is 19.5 Å². The number of methoxy groups -OCH3 is 2. The summed E-state index contributed by atoms with van der Waals surface area (Å²) >= 11 is 6.38. The zero-order chi connectivity index (χ0) is 24.1. The van der Waals surface area contributed by atoms with Gasteiger partial charge in [-0.25, -0.2) is 9.07 Å². The minimum Gasteiger partial charge on any atom is -0.493 e. The summed E-state index contributed by atoms with van der Waals surface area (Å²) in [6, 6.07) is 17.1. The molecule has 0 saturated carbocycles. The predicted molar refractivity (Wildman–Crippen MR) is 129 cm³/mol. The van der Waals surface area contributed by atoms with Crippen LogP contribution in [0.25, 0.3) is 5.70 Å². The number of rotatable bonds is 4. The third kappa shape index (κ3) is 3.40. The smallest absolute Gasteiger partial charge is 0.226 e. The molecule has 0 fully saturated rings. The van der Waals surface area contributed by atoms with Crippen LogP contribution in [0.4, 0.5) is 10.3 Å². The van der Waals surface area contributed by atoms with E-state index >= 15 is 0 Å². The van der Waals surface area contributed by atoms with Gasteiger partial charge in [-0.2, -0.15) is 10.1 Å². The maximum absolute atomic E-state index is 13.9. The molecule has 0 unspecified atom stereocenters. The van der Waals surface area contributed by atoms with Gasteiger partial charge in [0, 0.05) is 21.7 Å². The van der Waals surface area contributed by atoms with Crippen molar-refractivity contribution >= 4 is 23.2 Å². The first kappa shape index (κ1) is 21.5. The second-order valence-electron chi connectivity index (χ2n) is 8.16. The molecule has 176 valence electrons. The van der Waals surface area contributed by atoms with Gasteiger partial charge in [0.1, 0.15) is 23.9 Å². The zero-order valence-electron chi connectivity index (χ0n) is 18.8. The molecule has 6 rings (SSSR count). The Morgan fingerprint density at radius 1 is 1.06 bits per heavy atom. The molecule has 2 aliphatic rings. The molecule has 0 aliphatic carbocycles. The average molecular weight is 491 g/mol. The standard InChI is InChI=1S/C26H20ClFN4O3/c1-33-20-5-3-4-17(24(20)34-2)25-21-22(18-12-15(27)8-11-19(18)35-25)31-26-29-13-30-32(26)23(21)14-6-9-16(28)10-7-14/h3-13,23,25H,1-2H3,(H,29,30,31)/t23-,25+/m0/s1. The normalized spacial score (nSPS) is 18.1. The summed E-state index contributed by atoms with van der Waals surface area (Å²) in [5.74, 6) is 2.04. The van der Waals surface area contributed by atoms with Gasteiger partial charge in [0.25, 0.3) is 0 Å². The molecule has 7 nitrogen and oxygen atoms in total. The quantitative estimate of drug-likeness (QED) is 0.399. The van der Waals surface area contributed by atoms with Crippen molar-refractivity contribution in [3.05, 3.63) is 100 Å². The van der Waals surface area contributed by atoms with Gasteiger partial charge in [0.05, 0.1) is 19.9 Å². The van der Waals surface area contributed by atoms with Crippen molar-refractivity contribution in [1.82, 2.24) is 14.8 Å². The Morgan fingerprint density at radius 3 is 2.66 bits per heavy atom. The van der Waals surface area contributed by atoms with Crippen molar-refractivity contribution < 1.29 is 18.6 Å². The Labute approximate surface area is 205 Å². The maximum atomic E-state index is 13.9. The van der Waals surface area contributed by atoms with E-state index in [4.69, 9.17) is 25.8 Å². The van der Waals surface area contributed by atoms with Crippen molar-refractivity contribution in [2.45, 2.75) is 12.1 Å². The van der Waals surface area contributed by atoms with Crippen LogP contribution in [0.15, 0.2) is 72.6 Å². The van der Waals surface area contributed by atoms with E-state index < -0.39 is 12.1 Å². The molecular formula is C26H20ClFN4O3. The largest absolute Gasteiger partial charge is 0.493 e. The lowest BCUT2D eigenvalue weighted by atomic mass is 9.84. The molecule has 2 aliphatic heterocycles. The fraction of sp³-hybridized carbons (Fsp3) is 0.154. The van der Waals surface area contributed by atoms with E-state index in [9.17, 15) is 4.39 Å². The summed E-state index contributed by atoms with van der Waals surface area (Å²) in [4.78, 5) is 4.41. The second kappa shape index (κ2) is 8.32. The molecule has 9 heteroatoms. The first-order chi connectivity index (χ1) is 17.1. The molecular weight excluding hydrogens is 471 g/mol. The minimum absolute atomic E-state index is 0.321. The molecule has 0 amide bonds. The number of ether oxygens (including phenoxy) is 3. The Morgan fingerprint density at radius 2 is 1.89 bits per heavy atom. The van der Waals surface area contributed by atoms with Crippen LogP contribution in [-0.2, 0) is 0 Å². The Balaban J connectivity index is 1.65. The first-order valence-electron chi connectivity index (χ1n) is 10.9. The summed E-state index contributed by atoms with van der Waals surface area (Å²) in [5, 5.41) is 8.48. The highest BCUT2D eigenvalue weighted by Crippen LogP contribution is 2.53. The van der Waals surface area contributed by atoms with E-state index in [1.54, 1.807) is 37.1 Å². The van der Waals surface area contributed by atoms with Crippen LogP contribution in [0.2, 0.25) is 5.02 Å². The van der Waals surface area contributed by atoms with E-state index in [2.05, 4.69) is 15.4 Å². The Bertz CT molecular complexity index is 1470. The molecule has 0 saturated heterocycles. The number of hydrogen-bond acceptors (Lipinski definition) is 6. The van der Waals surface area contributed by atoms with Crippen LogP contribution in [-0.4, -0.2) is 29.0 Å². The lowest BCUT2D eigenvalue weighted by Crippen LogP contribution is -2.32. The predicted octanol–water partition coefficient (Wildman–Crippen LogP) is 5.65. The summed E-state index contributed by atoms with van der Waals surface area (Å²) in [5.41, 5.74) is 4.06. The number of fused-ring (bicyclic) bond motifs is 3. The van der Waals surface area contributed by atoms with Crippen molar-refractivity contribution in [3.63, 3.8) is 0 Å². The van der Waals surface area contributed by atoms with Crippen molar-refractivity contribution in [3.8, 4) is 17.2 Å². The number of anilines is 1. The summed E-state index contributed by atoms with van der Waals surface area (Å²) in [7, 11) is 3.19. The van der Waals surface area contributed by atoms with Gasteiger partial charge in [-0.05, 0) is 42.0 Å². The molecule has 3 aromatic carbocycles. The monoisotopic (exact) mass is 490 g/mol. The van der Waals surface area contributed by atoms with Crippen LogP contribution >= 0.6 is 11.6 Å². The lowest BCUT2D eigenvalue weighted by molar-refractivity contribution is 0.216. The fourth-order valence-electron chi connectivity index (χ4n) is 4.78. The number of para-hydroxylation sites is 1. The number of halogens is 2. The SMILES string of the molecule is COc1cccc([C@H]2Oc3ccc(Cl)cc3C3=C2[C@H](c2ccc(F)cc2)n2ncnc2N3)c1OC. The number of benzene rings is 3. The topological polar surface area (TPSA) is 70.4 Å². The van der Waals surface area contributed by atoms with Crippen molar-refractivity contribution in [2.24, 2.45) is 0 Å². The van der Waals surface area contributed by atoms with E-state index in [-0.39, 0.29) is 5.82 Å². The Kier molecular flexibility index (Phi) is 5.11. The fourth-order valence-corrected chi connectivity index (χ4v) is 4.96. The molecule has 4 aromatic rings. The third-order valence-corrected chi connectivity index (χ3v) is 6.51. The minimum atomic E-state index is -0.580. The van der Waals surface area contributed by atoms with Gasteiger partial charge in [-0.15, -0.1) is 0 Å². The van der Waals surface area contributed by atoms with Crippen LogP contribution in [0.3, 0.4) is 0 Å². The van der Waals surface area contributed by atoms with Gasteiger partial charge in [-0.1, -0.05) is 35.9 Å². The van der Waals surface area contributed by atoms with Crippen LogP contribution in [0.5, 0.6) is 17.2 Å². The summed E-state index contributed by atoms with van der Waals surface area (Å²) < 4.78 is 33.6.